The zero-order valence-corrected chi connectivity index (χ0v) is 18.3. The summed E-state index contributed by atoms with van der Waals surface area (Å²) in [7, 11) is -3.48. The van der Waals surface area contributed by atoms with E-state index in [4.69, 9.17) is 0 Å². The molecule has 1 N–H and O–H groups in total. The van der Waals surface area contributed by atoms with Gasteiger partial charge in [0.25, 0.3) is 5.91 Å². The molecule has 2 heterocycles. The van der Waals surface area contributed by atoms with Crippen LogP contribution < -0.4 is 4.90 Å². The third-order valence-electron chi connectivity index (χ3n) is 7.13. The number of carbonyl (C=O) groups excluding carboxylic acids is 1. The molecule has 1 amide bonds. The number of hydrogen-bond donors (Lipinski definition) is 1. The molecule has 1 aromatic rings. The monoisotopic (exact) mass is 420 g/mol. The number of carbonyl (C=O) groups is 1. The number of nitrogens with one attached hydrogen (secondary N) is 1. The van der Waals surface area contributed by atoms with E-state index in [0.717, 1.165) is 18.0 Å². The van der Waals surface area contributed by atoms with Crippen LogP contribution >= 0.6 is 0 Å². The van der Waals surface area contributed by atoms with Crippen molar-refractivity contribution in [3.05, 3.63) is 29.8 Å². The fraction of sp³-hybridized carbons (Fsp3) is 0.682. The van der Waals surface area contributed by atoms with Crippen LogP contribution in [0.25, 0.3) is 0 Å². The molecule has 3 fully saturated rings. The summed E-state index contributed by atoms with van der Waals surface area (Å²) in [6.45, 7) is 5.37. The Morgan fingerprint density at radius 1 is 1.00 bits per heavy atom. The summed E-state index contributed by atoms with van der Waals surface area (Å²) in [5.41, 5.74) is 1.04. The van der Waals surface area contributed by atoms with E-state index in [1.165, 1.54) is 47.7 Å². The molecule has 0 aromatic heterocycles. The largest absolute Gasteiger partial charge is 0.335 e. The molecule has 3 aliphatic rings. The summed E-state index contributed by atoms with van der Waals surface area (Å²) >= 11 is 0. The molecule has 7 heteroatoms. The predicted molar refractivity (Wildman–Crippen MR) is 112 cm³/mol. The van der Waals surface area contributed by atoms with Gasteiger partial charge in [-0.1, -0.05) is 24.1 Å². The maximum atomic E-state index is 12.9. The van der Waals surface area contributed by atoms with Crippen LogP contribution in [0.2, 0.25) is 0 Å². The van der Waals surface area contributed by atoms with Crippen molar-refractivity contribution >= 4 is 15.9 Å². The number of fused-ring (bicyclic) bond motifs is 1. The lowest BCUT2D eigenvalue weighted by molar-refractivity contribution is -0.929. The number of hydrogen-bond acceptors (Lipinski definition) is 3. The lowest BCUT2D eigenvalue weighted by atomic mass is 9.78. The second-order valence-corrected chi connectivity index (χ2v) is 10.9. The maximum absolute atomic E-state index is 12.9. The lowest BCUT2D eigenvalue weighted by Crippen LogP contribution is -3.18. The van der Waals surface area contributed by atoms with Crippen LogP contribution in [0.5, 0.6) is 0 Å². The Kier molecular flexibility index (Phi) is 6.27. The van der Waals surface area contributed by atoms with Crippen molar-refractivity contribution in [2.24, 2.45) is 5.92 Å². The van der Waals surface area contributed by atoms with Gasteiger partial charge in [-0.15, -0.1) is 0 Å². The highest BCUT2D eigenvalue weighted by Crippen LogP contribution is 2.28. The predicted octanol–water partition coefficient (Wildman–Crippen LogP) is 1.07. The molecule has 0 spiro atoms. The molecular formula is C22H34N3O3S+. The van der Waals surface area contributed by atoms with Gasteiger partial charge < -0.3 is 9.80 Å². The van der Waals surface area contributed by atoms with E-state index in [-0.39, 0.29) is 5.91 Å². The summed E-state index contributed by atoms with van der Waals surface area (Å²) in [5.74, 6) is 0.996. The molecule has 1 aromatic carbocycles. The molecule has 1 saturated carbocycles. The smallest absolute Gasteiger partial charge is 0.277 e. The lowest BCUT2D eigenvalue weighted by Gasteiger charge is -2.42. The standard InChI is InChI=1S/C22H33N3O3S/c1-18-8-10-20(11-9-18)29(27,28)25-15-13-23(14-16-25)22(26)17-24-12-4-6-19-5-2-3-7-21(19)24/h8-11,19,21H,2-7,12-17H2,1H3/p+1/t19-,21-/m0/s1. The van der Waals surface area contributed by atoms with Gasteiger partial charge in [-0.05, 0) is 51.2 Å². The van der Waals surface area contributed by atoms with Gasteiger partial charge in [-0.3, -0.25) is 4.79 Å². The Morgan fingerprint density at radius 2 is 1.66 bits per heavy atom. The summed E-state index contributed by atoms with van der Waals surface area (Å²) < 4.78 is 27.3. The number of aryl methyl sites for hydroxylation is 1. The second kappa shape index (κ2) is 8.74. The maximum Gasteiger partial charge on any atom is 0.277 e. The summed E-state index contributed by atoms with van der Waals surface area (Å²) in [6.07, 6.45) is 7.80. The van der Waals surface area contributed by atoms with E-state index in [1.54, 1.807) is 12.1 Å². The average Bonchev–Trinajstić information content (AvgIpc) is 2.74. The number of quaternary nitrogens is 1. The first-order chi connectivity index (χ1) is 13.9. The van der Waals surface area contributed by atoms with Crippen molar-refractivity contribution in [2.45, 2.75) is 56.4 Å². The first kappa shape index (κ1) is 20.8. The highest BCUT2D eigenvalue weighted by molar-refractivity contribution is 7.89. The number of piperazine rings is 1. The third-order valence-corrected chi connectivity index (χ3v) is 9.05. The molecule has 1 aliphatic carbocycles. The number of amides is 1. The first-order valence-corrected chi connectivity index (χ1v) is 12.6. The zero-order valence-electron chi connectivity index (χ0n) is 17.5. The van der Waals surface area contributed by atoms with Crippen LogP contribution in [-0.4, -0.2) is 68.8 Å². The average molecular weight is 421 g/mol. The van der Waals surface area contributed by atoms with Crippen molar-refractivity contribution in [3.8, 4) is 0 Å². The first-order valence-electron chi connectivity index (χ1n) is 11.1. The molecule has 29 heavy (non-hydrogen) atoms. The highest BCUT2D eigenvalue weighted by atomic mass is 32.2. The molecule has 2 aliphatic heterocycles. The molecule has 0 radical (unpaired) electrons. The summed E-state index contributed by atoms with van der Waals surface area (Å²) in [5, 5.41) is 0. The van der Waals surface area contributed by atoms with Crippen LogP contribution in [0, 0.1) is 12.8 Å². The van der Waals surface area contributed by atoms with Gasteiger partial charge in [-0.2, -0.15) is 4.31 Å². The van der Waals surface area contributed by atoms with Crippen molar-refractivity contribution in [1.29, 1.82) is 0 Å². The summed E-state index contributed by atoms with van der Waals surface area (Å²) in [6, 6.07) is 7.65. The van der Waals surface area contributed by atoms with Gasteiger partial charge in [0.1, 0.15) is 0 Å². The van der Waals surface area contributed by atoms with E-state index in [9.17, 15) is 13.2 Å². The van der Waals surface area contributed by atoms with E-state index in [0.29, 0.717) is 43.7 Å². The Labute approximate surface area is 174 Å². The van der Waals surface area contributed by atoms with Gasteiger partial charge >= 0.3 is 0 Å². The molecular weight excluding hydrogens is 386 g/mol. The fourth-order valence-electron chi connectivity index (χ4n) is 5.43. The Balaban J connectivity index is 1.33. The molecule has 6 nitrogen and oxygen atoms in total. The van der Waals surface area contributed by atoms with Crippen LogP contribution in [0.1, 0.15) is 44.1 Å². The van der Waals surface area contributed by atoms with Crippen LogP contribution in [0.3, 0.4) is 0 Å². The van der Waals surface area contributed by atoms with Gasteiger partial charge in [0.15, 0.2) is 6.54 Å². The molecule has 3 atom stereocenters. The van der Waals surface area contributed by atoms with Crippen molar-refractivity contribution in [2.75, 3.05) is 39.3 Å². The molecule has 160 valence electrons. The molecule has 1 unspecified atom stereocenters. The Morgan fingerprint density at radius 3 is 2.38 bits per heavy atom. The molecule has 0 bridgehead atoms. The van der Waals surface area contributed by atoms with Gasteiger partial charge in [0.2, 0.25) is 10.0 Å². The van der Waals surface area contributed by atoms with Crippen molar-refractivity contribution < 1.29 is 18.1 Å². The minimum absolute atomic E-state index is 0.193. The third kappa shape index (κ3) is 4.52. The second-order valence-electron chi connectivity index (χ2n) is 8.98. The van der Waals surface area contributed by atoms with Crippen LogP contribution in [0.15, 0.2) is 29.2 Å². The molecule has 4 rings (SSSR count). The SMILES string of the molecule is Cc1ccc(S(=O)(=O)N2CCN(C(=O)C[NH+]3CCC[C@@H]4CCCC[C@@H]43)CC2)cc1. The van der Waals surface area contributed by atoms with Gasteiger partial charge in [-0.25, -0.2) is 8.42 Å². The summed E-state index contributed by atoms with van der Waals surface area (Å²) in [4.78, 5) is 16.6. The van der Waals surface area contributed by atoms with Crippen LogP contribution in [0.4, 0.5) is 0 Å². The topological polar surface area (TPSA) is 62.1 Å². The van der Waals surface area contributed by atoms with E-state index < -0.39 is 10.0 Å². The van der Waals surface area contributed by atoms with E-state index in [1.807, 2.05) is 24.0 Å². The number of piperidine rings is 1. The van der Waals surface area contributed by atoms with Crippen molar-refractivity contribution in [1.82, 2.24) is 9.21 Å². The number of sulfonamides is 1. The number of nitrogens with zero attached hydrogens (tertiary/aromatic N) is 2. The van der Waals surface area contributed by atoms with E-state index >= 15 is 0 Å². The normalized spacial score (nSPS) is 28.7. The highest BCUT2D eigenvalue weighted by Gasteiger charge is 2.38. The van der Waals surface area contributed by atoms with Gasteiger partial charge in [0, 0.05) is 32.1 Å². The minimum Gasteiger partial charge on any atom is -0.335 e. The number of likely N-dealkylation sites (tertiary alicyclic amines) is 1. The molecule has 2 saturated heterocycles. The Hall–Kier alpha value is -1.44. The van der Waals surface area contributed by atoms with Crippen LogP contribution in [-0.2, 0) is 14.8 Å². The van der Waals surface area contributed by atoms with E-state index in [2.05, 4.69) is 0 Å². The number of benzene rings is 1. The zero-order chi connectivity index (χ0) is 20.4. The quantitative estimate of drug-likeness (QED) is 0.793. The van der Waals surface area contributed by atoms with Crippen molar-refractivity contribution in [3.63, 3.8) is 0 Å². The number of rotatable bonds is 4. The Bertz CT molecular complexity index is 814. The van der Waals surface area contributed by atoms with Gasteiger partial charge in [0.05, 0.1) is 17.5 Å². The minimum atomic E-state index is -3.48. The fourth-order valence-corrected chi connectivity index (χ4v) is 6.85.